The minimum absolute atomic E-state index is 0.186. The Morgan fingerprint density at radius 2 is 1.84 bits per heavy atom. The Bertz CT molecular complexity index is 1730. The summed E-state index contributed by atoms with van der Waals surface area (Å²) in [6, 6.07) is 9.97. The van der Waals surface area contributed by atoms with Gasteiger partial charge in [-0.25, -0.2) is 19.4 Å². The molecule has 8 rings (SSSR count). The van der Waals surface area contributed by atoms with Crippen LogP contribution in [0.2, 0.25) is 0 Å². The molecule has 2 spiro atoms. The third-order valence-corrected chi connectivity index (χ3v) is 12.1. The summed E-state index contributed by atoms with van der Waals surface area (Å²) >= 11 is 0. The van der Waals surface area contributed by atoms with Gasteiger partial charge in [0.25, 0.3) is 15.9 Å². The van der Waals surface area contributed by atoms with Gasteiger partial charge in [0, 0.05) is 30.9 Å². The molecule has 12 heteroatoms. The molecule has 2 N–H and O–H groups in total. The van der Waals surface area contributed by atoms with Crippen molar-refractivity contribution in [1.82, 2.24) is 29.8 Å². The first-order valence-electron chi connectivity index (χ1n) is 15.8. The predicted molar refractivity (Wildman–Crippen MR) is 163 cm³/mol. The summed E-state index contributed by atoms with van der Waals surface area (Å²) in [4.78, 5) is 25.0. The van der Waals surface area contributed by atoms with Crippen molar-refractivity contribution in [2.45, 2.75) is 75.9 Å². The summed E-state index contributed by atoms with van der Waals surface area (Å²) in [7, 11) is -4.21. The largest absolute Gasteiger partial charge is 0.477 e. The molecule has 11 nitrogen and oxygen atoms in total. The summed E-state index contributed by atoms with van der Waals surface area (Å²) in [5.41, 5.74) is 1.82. The summed E-state index contributed by atoms with van der Waals surface area (Å²) in [5, 5.41) is 7.84. The molecule has 0 aromatic carbocycles. The summed E-state index contributed by atoms with van der Waals surface area (Å²) in [5.74, 6) is 1.95. The average Bonchev–Trinajstić information content (AvgIpc) is 3.94. The van der Waals surface area contributed by atoms with Crippen molar-refractivity contribution in [1.29, 1.82) is 0 Å². The van der Waals surface area contributed by atoms with E-state index in [9.17, 15) is 13.2 Å². The molecule has 5 aliphatic rings. The number of anilines is 1. The molecular formula is C32H39N7O4S. The van der Waals surface area contributed by atoms with E-state index in [0.29, 0.717) is 59.7 Å². The monoisotopic (exact) mass is 617 g/mol. The number of hydrogen-bond donors (Lipinski definition) is 2. The Labute approximate surface area is 257 Å². The molecule has 1 saturated heterocycles. The van der Waals surface area contributed by atoms with Gasteiger partial charge in [0.1, 0.15) is 5.82 Å². The van der Waals surface area contributed by atoms with Gasteiger partial charge in [0.15, 0.2) is 10.8 Å². The molecule has 232 valence electrons. The van der Waals surface area contributed by atoms with E-state index >= 15 is 0 Å². The average molecular weight is 618 g/mol. The van der Waals surface area contributed by atoms with Crippen LogP contribution in [0, 0.1) is 22.7 Å². The molecule has 0 radical (unpaired) electrons. The lowest BCUT2D eigenvalue weighted by Gasteiger charge is -2.34. The highest BCUT2D eigenvalue weighted by Crippen LogP contribution is 2.93. The van der Waals surface area contributed by atoms with Crippen LogP contribution in [0.4, 0.5) is 5.82 Å². The van der Waals surface area contributed by atoms with E-state index in [1.165, 1.54) is 31.7 Å². The fourth-order valence-corrected chi connectivity index (χ4v) is 9.46. The SMILES string of the molecule is CC1(C)C[C@@H]2CCNCc3cccc(n3)S(=O)(=O)NC(=O)c3ccc(-n4ccc(OCCC5C6(CC6)C56CC6)n4)nc3N1C2. The van der Waals surface area contributed by atoms with Gasteiger partial charge in [-0.3, -0.25) is 4.79 Å². The first-order valence-corrected chi connectivity index (χ1v) is 17.3. The highest BCUT2D eigenvalue weighted by Gasteiger charge is 2.85. The van der Waals surface area contributed by atoms with Gasteiger partial charge < -0.3 is 15.0 Å². The van der Waals surface area contributed by atoms with Gasteiger partial charge in [-0.2, -0.15) is 8.42 Å². The maximum atomic E-state index is 13.6. The Hall–Kier alpha value is -3.51. The van der Waals surface area contributed by atoms with Crippen molar-refractivity contribution in [2.75, 3.05) is 24.6 Å². The number of hydrogen-bond acceptors (Lipinski definition) is 9. The lowest BCUT2D eigenvalue weighted by atomic mass is 9.94. The molecular weight excluding hydrogens is 578 g/mol. The minimum atomic E-state index is -4.21. The molecule has 3 saturated carbocycles. The summed E-state index contributed by atoms with van der Waals surface area (Å²) < 4.78 is 36.4. The van der Waals surface area contributed by atoms with Crippen LogP contribution in [-0.2, 0) is 16.6 Å². The fourth-order valence-electron chi connectivity index (χ4n) is 8.51. The van der Waals surface area contributed by atoms with Crippen molar-refractivity contribution < 1.29 is 17.9 Å². The lowest BCUT2D eigenvalue weighted by Crippen LogP contribution is -2.41. The van der Waals surface area contributed by atoms with Crippen LogP contribution in [0.5, 0.6) is 5.88 Å². The molecule has 4 fully saturated rings. The first-order chi connectivity index (χ1) is 21.1. The van der Waals surface area contributed by atoms with Crippen LogP contribution in [0.15, 0.2) is 47.6 Å². The molecule has 3 aromatic heterocycles. The van der Waals surface area contributed by atoms with Crippen LogP contribution >= 0.6 is 0 Å². The Kier molecular flexibility index (Phi) is 6.20. The number of aromatic nitrogens is 4. The van der Waals surface area contributed by atoms with Crippen molar-refractivity contribution in [3.63, 3.8) is 0 Å². The molecule has 5 heterocycles. The van der Waals surface area contributed by atoms with Crippen molar-refractivity contribution >= 4 is 21.7 Å². The van der Waals surface area contributed by atoms with E-state index in [2.05, 4.69) is 38.9 Å². The minimum Gasteiger partial charge on any atom is -0.477 e. The highest BCUT2D eigenvalue weighted by atomic mass is 32.2. The second-order valence-electron chi connectivity index (χ2n) is 14.0. The quantitative estimate of drug-likeness (QED) is 0.439. The maximum Gasteiger partial charge on any atom is 0.281 e. The number of sulfonamides is 1. The maximum absolute atomic E-state index is 13.6. The summed E-state index contributed by atoms with van der Waals surface area (Å²) in [6.07, 6.45) is 10.3. The predicted octanol–water partition coefficient (Wildman–Crippen LogP) is 3.84. The number of carbonyl (C=O) groups is 1. The van der Waals surface area contributed by atoms with E-state index in [1.807, 2.05) is 12.3 Å². The molecule has 1 atom stereocenters. The topological polar surface area (TPSA) is 131 Å². The van der Waals surface area contributed by atoms with E-state index in [0.717, 1.165) is 31.7 Å². The first kappa shape index (κ1) is 28.0. The zero-order chi connectivity index (χ0) is 30.3. The van der Waals surface area contributed by atoms with Crippen molar-refractivity contribution in [3.05, 3.63) is 53.9 Å². The lowest BCUT2D eigenvalue weighted by molar-refractivity contribution is 0.0981. The standard InChI is InChI=1S/C32H39N7O4S/c1-30(2)18-21-8-15-33-19-22-4-3-5-27(34-22)44(41,42)37-29(40)23-6-7-25(35-28(23)38(30)20-21)39-16-9-26(36-39)43-17-10-24-31(11-12-31)32(24)13-14-32/h3-7,9,16,21,24,33H,8,10-15,17-20H2,1-2H3,(H,37,40)/t21-/m0/s1. The molecule has 1 amide bonds. The van der Waals surface area contributed by atoms with E-state index < -0.39 is 15.9 Å². The number of amides is 1. The Morgan fingerprint density at radius 3 is 2.61 bits per heavy atom. The number of nitrogens with zero attached hydrogens (tertiary/aromatic N) is 5. The molecule has 3 aromatic rings. The molecule has 4 bridgehead atoms. The zero-order valence-corrected chi connectivity index (χ0v) is 26.1. The van der Waals surface area contributed by atoms with Gasteiger partial charge in [-0.15, -0.1) is 5.10 Å². The van der Waals surface area contributed by atoms with Crippen LogP contribution in [0.3, 0.4) is 0 Å². The van der Waals surface area contributed by atoms with Crippen LogP contribution in [0.25, 0.3) is 5.82 Å². The molecule has 0 unspecified atom stereocenters. The number of rotatable bonds is 5. The normalized spacial score (nSPS) is 25.5. The third kappa shape index (κ3) is 4.60. The molecule has 3 aliphatic carbocycles. The Balaban J connectivity index is 1.07. The number of fused-ring (bicyclic) bond motifs is 7. The smallest absolute Gasteiger partial charge is 0.281 e. The van der Waals surface area contributed by atoms with Crippen LogP contribution < -0.4 is 19.7 Å². The van der Waals surface area contributed by atoms with E-state index in [4.69, 9.17) is 9.72 Å². The van der Waals surface area contributed by atoms with Crippen LogP contribution in [0.1, 0.15) is 74.8 Å². The summed E-state index contributed by atoms with van der Waals surface area (Å²) in [6.45, 7) is 6.85. The number of nitrogens with one attached hydrogen (secondary N) is 2. The van der Waals surface area contributed by atoms with Crippen molar-refractivity contribution in [3.8, 4) is 11.7 Å². The molecule has 44 heavy (non-hydrogen) atoms. The molecule has 2 aliphatic heterocycles. The van der Waals surface area contributed by atoms with Gasteiger partial charge >= 0.3 is 0 Å². The second-order valence-corrected chi connectivity index (χ2v) is 15.6. The number of ether oxygens (including phenoxy) is 1. The van der Waals surface area contributed by atoms with Gasteiger partial charge in [0.05, 0.1) is 17.9 Å². The van der Waals surface area contributed by atoms with E-state index in [-0.39, 0.29) is 16.1 Å². The zero-order valence-electron chi connectivity index (χ0n) is 25.3. The Morgan fingerprint density at radius 1 is 1.05 bits per heavy atom. The van der Waals surface area contributed by atoms with Gasteiger partial charge in [-0.05, 0) is 112 Å². The van der Waals surface area contributed by atoms with Crippen LogP contribution in [-0.4, -0.2) is 59.3 Å². The number of pyridine rings is 2. The second kappa shape index (κ2) is 9.74. The van der Waals surface area contributed by atoms with Gasteiger partial charge in [0.2, 0.25) is 5.88 Å². The van der Waals surface area contributed by atoms with E-state index in [1.54, 1.807) is 28.9 Å². The van der Waals surface area contributed by atoms with Gasteiger partial charge in [-0.1, -0.05) is 6.07 Å². The number of carbonyl (C=O) groups excluding carboxylic acids is 1. The highest BCUT2D eigenvalue weighted by molar-refractivity contribution is 7.90. The van der Waals surface area contributed by atoms with Crippen molar-refractivity contribution in [2.24, 2.45) is 22.7 Å². The third-order valence-electron chi connectivity index (χ3n) is 10.9. The fraction of sp³-hybridized carbons (Fsp3) is 0.562.